The Bertz CT molecular complexity index is 370. The summed E-state index contributed by atoms with van der Waals surface area (Å²) in [5.74, 6) is -0.933. The highest BCUT2D eigenvalue weighted by molar-refractivity contribution is 5.87. The van der Waals surface area contributed by atoms with Crippen molar-refractivity contribution in [2.24, 2.45) is 0 Å². The van der Waals surface area contributed by atoms with Gasteiger partial charge in [-0.05, 0) is 24.1 Å². The predicted octanol–water partition coefficient (Wildman–Crippen LogP) is 4.17. The second kappa shape index (κ2) is 8.70. The van der Waals surface area contributed by atoms with E-state index in [2.05, 4.69) is 6.92 Å². The lowest BCUT2D eigenvalue weighted by Crippen LogP contribution is -2.00. The second-order valence-electron chi connectivity index (χ2n) is 5.00. The summed E-state index contributed by atoms with van der Waals surface area (Å²) in [7, 11) is 0. The van der Waals surface area contributed by atoms with Crippen LogP contribution < -0.4 is 0 Å². The van der Waals surface area contributed by atoms with Crippen LogP contribution in [0.3, 0.4) is 0 Å². The Labute approximate surface area is 115 Å². The van der Waals surface area contributed by atoms with Gasteiger partial charge in [0, 0.05) is 0 Å². The number of rotatable bonds is 9. The first-order chi connectivity index (χ1) is 9.15. The molecule has 3 heteroatoms. The molecule has 0 heterocycles. The molecule has 0 amide bonds. The third-order valence-electron chi connectivity index (χ3n) is 3.37. The smallest absolute Gasteiger partial charge is 0.335 e. The molecule has 0 aliphatic rings. The van der Waals surface area contributed by atoms with E-state index < -0.39 is 12.1 Å². The van der Waals surface area contributed by atoms with Gasteiger partial charge in [0.1, 0.15) is 0 Å². The van der Waals surface area contributed by atoms with Gasteiger partial charge in [-0.25, -0.2) is 4.79 Å². The zero-order valence-corrected chi connectivity index (χ0v) is 11.6. The summed E-state index contributed by atoms with van der Waals surface area (Å²) in [5, 5.41) is 18.8. The van der Waals surface area contributed by atoms with Gasteiger partial charge in [-0.3, -0.25) is 0 Å². The van der Waals surface area contributed by atoms with E-state index in [1.54, 1.807) is 24.3 Å². The van der Waals surface area contributed by atoms with Crippen LogP contribution >= 0.6 is 0 Å². The molecule has 2 N–H and O–H groups in total. The lowest BCUT2D eigenvalue weighted by Gasteiger charge is -2.11. The molecule has 0 aliphatic carbocycles. The van der Waals surface area contributed by atoms with Gasteiger partial charge < -0.3 is 10.2 Å². The van der Waals surface area contributed by atoms with E-state index in [-0.39, 0.29) is 5.56 Å². The SMILES string of the molecule is CCCCCCCCC(O)c1ccc(C(=O)O)cc1. The van der Waals surface area contributed by atoms with Crippen LogP contribution in [-0.4, -0.2) is 16.2 Å². The number of carboxylic acids is 1. The van der Waals surface area contributed by atoms with Crippen molar-refractivity contribution >= 4 is 5.97 Å². The fraction of sp³-hybridized carbons (Fsp3) is 0.562. The minimum Gasteiger partial charge on any atom is -0.478 e. The number of aliphatic hydroxyl groups is 1. The van der Waals surface area contributed by atoms with Gasteiger partial charge in [0.15, 0.2) is 0 Å². The largest absolute Gasteiger partial charge is 0.478 e. The van der Waals surface area contributed by atoms with Crippen LogP contribution in [0.2, 0.25) is 0 Å². The van der Waals surface area contributed by atoms with Crippen molar-refractivity contribution in [3.8, 4) is 0 Å². The van der Waals surface area contributed by atoms with Crippen LogP contribution in [0.5, 0.6) is 0 Å². The number of aliphatic hydroxyl groups excluding tert-OH is 1. The summed E-state index contributed by atoms with van der Waals surface area (Å²) in [6, 6.07) is 6.49. The van der Waals surface area contributed by atoms with Gasteiger partial charge in [-0.15, -0.1) is 0 Å². The molecule has 0 saturated carbocycles. The first kappa shape index (κ1) is 15.7. The highest BCUT2D eigenvalue weighted by Crippen LogP contribution is 2.20. The van der Waals surface area contributed by atoms with Gasteiger partial charge in [-0.1, -0.05) is 57.6 Å². The van der Waals surface area contributed by atoms with Crippen molar-refractivity contribution in [1.82, 2.24) is 0 Å². The van der Waals surface area contributed by atoms with Crippen molar-refractivity contribution in [3.63, 3.8) is 0 Å². The average molecular weight is 264 g/mol. The van der Waals surface area contributed by atoms with Crippen LogP contribution in [0, 0.1) is 0 Å². The molecular formula is C16H24O3. The molecule has 0 aliphatic heterocycles. The lowest BCUT2D eigenvalue weighted by molar-refractivity contribution is 0.0696. The normalized spacial score (nSPS) is 12.3. The Morgan fingerprint density at radius 2 is 1.63 bits per heavy atom. The second-order valence-corrected chi connectivity index (χ2v) is 5.00. The molecule has 0 spiro atoms. The number of hydrogen-bond acceptors (Lipinski definition) is 2. The number of aromatic carboxylic acids is 1. The van der Waals surface area contributed by atoms with E-state index in [1.807, 2.05) is 0 Å². The first-order valence-corrected chi connectivity index (χ1v) is 7.16. The standard InChI is InChI=1S/C16H24O3/c1-2-3-4-5-6-7-8-15(17)13-9-11-14(12-10-13)16(18)19/h9-12,15,17H,2-8H2,1H3,(H,18,19). The monoisotopic (exact) mass is 264 g/mol. The Morgan fingerprint density at radius 1 is 1.05 bits per heavy atom. The molecule has 19 heavy (non-hydrogen) atoms. The van der Waals surface area contributed by atoms with Gasteiger partial charge in [0.05, 0.1) is 11.7 Å². The van der Waals surface area contributed by atoms with E-state index in [1.165, 1.54) is 25.7 Å². The fourth-order valence-corrected chi connectivity index (χ4v) is 2.13. The number of carboxylic acid groups (broad SMARTS) is 1. The fourth-order valence-electron chi connectivity index (χ4n) is 2.13. The van der Waals surface area contributed by atoms with Crippen molar-refractivity contribution in [2.75, 3.05) is 0 Å². The average Bonchev–Trinajstić information content (AvgIpc) is 2.42. The highest BCUT2D eigenvalue weighted by Gasteiger charge is 2.08. The molecule has 1 aromatic rings. The molecule has 106 valence electrons. The molecule has 1 rings (SSSR count). The third kappa shape index (κ3) is 5.88. The number of carbonyl (C=O) groups is 1. The zero-order chi connectivity index (χ0) is 14.1. The van der Waals surface area contributed by atoms with Crippen molar-refractivity contribution in [2.45, 2.75) is 58.0 Å². The number of hydrogen-bond donors (Lipinski definition) is 2. The predicted molar refractivity (Wildman–Crippen MR) is 76.4 cm³/mol. The van der Waals surface area contributed by atoms with Crippen molar-refractivity contribution in [1.29, 1.82) is 0 Å². The maximum atomic E-state index is 10.7. The molecule has 0 radical (unpaired) electrons. The summed E-state index contributed by atoms with van der Waals surface area (Å²) in [6.07, 6.45) is 7.50. The summed E-state index contributed by atoms with van der Waals surface area (Å²) in [5.41, 5.74) is 1.06. The van der Waals surface area contributed by atoms with Crippen LogP contribution in [0.1, 0.15) is 73.9 Å². The van der Waals surface area contributed by atoms with Gasteiger partial charge in [0.2, 0.25) is 0 Å². The van der Waals surface area contributed by atoms with E-state index in [0.717, 1.165) is 24.8 Å². The minimum atomic E-state index is -0.933. The summed E-state index contributed by atoms with van der Waals surface area (Å²) in [6.45, 7) is 2.20. The number of benzene rings is 1. The lowest BCUT2D eigenvalue weighted by atomic mass is 10.0. The van der Waals surface area contributed by atoms with Crippen LogP contribution in [0.15, 0.2) is 24.3 Å². The molecule has 1 atom stereocenters. The summed E-state index contributed by atoms with van der Waals surface area (Å²) >= 11 is 0. The minimum absolute atomic E-state index is 0.260. The van der Waals surface area contributed by atoms with E-state index >= 15 is 0 Å². The maximum absolute atomic E-state index is 10.7. The van der Waals surface area contributed by atoms with E-state index in [0.29, 0.717) is 0 Å². The van der Waals surface area contributed by atoms with Gasteiger partial charge in [0.25, 0.3) is 0 Å². The Balaban J connectivity index is 2.29. The first-order valence-electron chi connectivity index (χ1n) is 7.16. The third-order valence-corrected chi connectivity index (χ3v) is 3.37. The van der Waals surface area contributed by atoms with Gasteiger partial charge >= 0.3 is 5.97 Å². The Hall–Kier alpha value is -1.35. The maximum Gasteiger partial charge on any atom is 0.335 e. The van der Waals surface area contributed by atoms with Crippen LogP contribution in [-0.2, 0) is 0 Å². The molecule has 1 aromatic carbocycles. The van der Waals surface area contributed by atoms with E-state index in [4.69, 9.17) is 5.11 Å². The molecule has 0 bridgehead atoms. The summed E-state index contributed by atoms with van der Waals surface area (Å²) in [4.78, 5) is 10.7. The van der Waals surface area contributed by atoms with Crippen LogP contribution in [0.25, 0.3) is 0 Å². The molecule has 3 nitrogen and oxygen atoms in total. The summed E-state index contributed by atoms with van der Waals surface area (Å²) < 4.78 is 0. The van der Waals surface area contributed by atoms with Crippen molar-refractivity contribution < 1.29 is 15.0 Å². The molecular weight excluding hydrogens is 240 g/mol. The van der Waals surface area contributed by atoms with Crippen molar-refractivity contribution in [3.05, 3.63) is 35.4 Å². The Kier molecular flexibility index (Phi) is 7.19. The molecule has 0 saturated heterocycles. The topological polar surface area (TPSA) is 57.5 Å². The molecule has 0 aromatic heterocycles. The molecule has 0 fully saturated rings. The molecule has 1 unspecified atom stereocenters. The Morgan fingerprint density at radius 3 is 2.21 bits per heavy atom. The van der Waals surface area contributed by atoms with Crippen LogP contribution in [0.4, 0.5) is 0 Å². The zero-order valence-electron chi connectivity index (χ0n) is 11.6. The number of unbranched alkanes of at least 4 members (excludes halogenated alkanes) is 5. The highest BCUT2D eigenvalue weighted by atomic mass is 16.4. The quantitative estimate of drug-likeness (QED) is 0.658. The van der Waals surface area contributed by atoms with E-state index in [9.17, 15) is 9.90 Å². The van der Waals surface area contributed by atoms with Gasteiger partial charge in [-0.2, -0.15) is 0 Å².